The molecule has 0 spiro atoms. The fourth-order valence-corrected chi connectivity index (χ4v) is 2.29. The molecule has 1 nitrogen and oxygen atoms in total. The van der Waals surface area contributed by atoms with E-state index < -0.39 is 17.7 Å². The average Bonchev–Trinajstić information content (AvgIpc) is 2.58. The van der Waals surface area contributed by atoms with Gasteiger partial charge < -0.3 is 5.32 Å². The molecule has 1 aliphatic rings. The van der Waals surface area contributed by atoms with Crippen molar-refractivity contribution in [2.24, 2.45) is 5.92 Å². The zero-order valence-corrected chi connectivity index (χ0v) is 9.56. The van der Waals surface area contributed by atoms with Crippen LogP contribution in [-0.2, 0) is 5.92 Å². The topological polar surface area (TPSA) is 12.0 Å². The van der Waals surface area contributed by atoms with Gasteiger partial charge in [-0.3, -0.25) is 0 Å². The van der Waals surface area contributed by atoms with E-state index in [0.29, 0.717) is 19.4 Å². The molecule has 1 unspecified atom stereocenters. The maximum absolute atomic E-state index is 14.2. The molecule has 0 radical (unpaired) electrons. The summed E-state index contributed by atoms with van der Waals surface area (Å²) in [7, 11) is 0. The van der Waals surface area contributed by atoms with Crippen LogP contribution in [0.15, 0.2) is 24.3 Å². The second-order valence-corrected chi connectivity index (χ2v) is 4.51. The van der Waals surface area contributed by atoms with Crippen LogP contribution in [-0.4, -0.2) is 13.1 Å². The highest BCUT2D eigenvalue weighted by Crippen LogP contribution is 2.40. The Morgan fingerprint density at radius 1 is 1.06 bits per heavy atom. The van der Waals surface area contributed by atoms with E-state index in [1.54, 1.807) is 0 Å². The second kappa shape index (κ2) is 5.08. The first-order chi connectivity index (χ1) is 8.10. The van der Waals surface area contributed by atoms with Crippen molar-refractivity contribution in [1.82, 2.24) is 5.32 Å². The summed E-state index contributed by atoms with van der Waals surface area (Å²) >= 11 is 0. The molecule has 0 amide bonds. The van der Waals surface area contributed by atoms with Gasteiger partial charge in [0.1, 0.15) is 5.82 Å². The lowest BCUT2D eigenvalue weighted by Gasteiger charge is -2.26. The zero-order valence-electron chi connectivity index (χ0n) is 9.56. The van der Waals surface area contributed by atoms with Crippen molar-refractivity contribution in [3.8, 4) is 0 Å². The normalized spacial score (nSPS) is 22.2. The van der Waals surface area contributed by atoms with Crippen molar-refractivity contribution < 1.29 is 13.2 Å². The van der Waals surface area contributed by atoms with Gasteiger partial charge in [0.25, 0.3) is 5.92 Å². The molecule has 0 aromatic heterocycles. The van der Waals surface area contributed by atoms with Crippen molar-refractivity contribution in [1.29, 1.82) is 0 Å². The Morgan fingerprint density at radius 2 is 1.76 bits per heavy atom. The Morgan fingerprint density at radius 3 is 2.47 bits per heavy atom. The molecule has 1 aromatic carbocycles. The van der Waals surface area contributed by atoms with Crippen LogP contribution in [0.3, 0.4) is 0 Å². The molecule has 94 valence electrons. The monoisotopic (exact) mass is 243 g/mol. The first-order valence-electron chi connectivity index (χ1n) is 5.95. The molecule has 1 fully saturated rings. The van der Waals surface area contributed by atoms with E-state index in [0.717, 1.165) is 25.1 Å². The van der Waals surface area contributed by atoms with Gasteiger partial charge in [0.15, 0.2) is 0 Å². The number of alkyl halides is 2. The van der Waals surface area contributed by atoms with Gasteiger partial charge in [-0.1, -0.05) is 12.1 Å². The predicted molar refractivity (Wildman–Crippen MR) is 60.5 cm³/mol. The number of benzene rings is 1. The largest absolute Gasteiger partial charge is 0.317 e. The molecule has 1 N–H and O–H groups in total. The molecule has 0 saturated carbocycles. The minimum Gasteiger partial charge on any atom is -0.317 e. The van der Waals surface area contributed by atoms with Crippen molar-refractivity contribution >= 4 is 0 Å². The Labute approximate surface area is 99.0 Å². The van der Waals surface area contributed by atoms with E-state index in [1.165, 1.54) is 12.1 Å². The minimum atomic E-state index is -2.86. The molecular formula is C13H16F3N. The molecule has 0 aliphatic carbocycles. The average molecular weight is 243 g/mol. The van der Waals surface area contributed by atoms with Crippen LogP contribution in [0.4, 0.5) is 13.2 Å². The molecule has 1 heterocycles. The van der Waals surface area contributed by atoms with Crippen molar-refractivity contribution in [2.45, 2.75) is 25.2 Å². The summed E-state index contributed by atoms with van der Waals surface area (Å²) in [6, 6.07) is 4.57. The number of halogens is 3. The first kappa shape index (κ1) is 12.4. The molecule has 0 bridgehead atoms. The van der Waals surface area contributed by atoms with Crippen LogP contribution < -0.4 is 5.32 Å². The second-order valence-electron chi connectivity index (χ2n) is 4.51. The summed E-state index contributed by atoms with van der Waals surface area (Å²) < 4.78 is 41.1. The Bertz CT molecular complexity index is 353. The predicted octanol–water partition coefficient (Wildman–Crippen LogP) is 3.31. The summed E-state index contributed by atoms with van der Waals surface area (Å²) in [6.07, 6.45) is 1.74. The molecule has 2 rings (SSSR count). The van der Waals surface area contributed by atoms with Crippen LogP contribution in [0, 0.1) is 11.7 Å². The van der Waals surface area contributed by atoms with E-state index >= 15 is 0 Å². The van der Waals surface area contributed by atoms with Gasteiger partial charge >= 0.3 is 0 Å². The zero-order chi connectivity index (χ0) is 12.3. The van der Waals surface area contributed by atoms with Crippen LogP contribution in [0.1, 0.15) is 24.8 Å². The quantitative estimate of drug-likeness (QED) is 0.840. The lowest BCUT2D eigenvalue weighted by atomic mass is 9.88. The SMILES string of the molecule is Fc1ccc(C(F)(F)C2CCCNCC2)cc1. The summed E-state index contributed by atoms with van der Waals surface area (Å²) in [4.78, 5) is 0. The molecular weight excluding hydrogens is 227 g/mol. The highest BCUT2D eigenvalue weighted by atomic mass is 19.3. The maximum Gasteiger partial charge on any atom is 0.276 e. The highest BCUT2D eigenvalue weighted by Gasteiger charge is 2.40. The number of nitrogens with one attached hydrogen (secondary N) is 1. The molecule has 17 heavy (non-hydrogen) atoms. The standard InChI is InChI=1S/C13H16F3N/c14-12-5-3-11(4-6-12)13(15,16)10-2-1-8-17-9-7-10/h3-6,10,17H,1-2,7-9H2. The van der Waals surface area contributed by atoms with Crippen molar-refractivity contribution in [2.75, 3.05) is 13.1 Å². The van der Waals surface area contributed by atoms with E-state index in [-0.39, 0.29) is 5.56 Å². The number of hydrogen-bond donors (Lipinski definition) is 1. The van der Waals surface area contributed by atoms with Gasteiger partial charge in [-0.05, 0) is 44.5 Å². The third kappa shape index (κ3) is 2.80. The maximum atomic E-state index is 14.2. The lowest BCUT2D eigenvalue weighted by molar-refractivity contribution is -0.0695. The molecule has 4 heteroatoms. The minimum absolute atomic E-state index is 0.0780. The van der Waals surface area contributed by atoms with Crippen LogP contribution >= 0.6 is 0 Å². The highest BCUT2D eigenvalue weighted by molar-refractivity contribution is 5.21. The third-order valence-electron chi connectivity index (χ3n) is 3.32. The fraction of sp³-hybridized carbons (Fsp3) is 0.538. The lowest BCUT2D eigenvalue weighted by Crippen LogP contribution is -2.26. The van der Waals surface area contributed by atoms with E-state index in [9.17, 15) is 13.2 Å². The van der Waals surface area contributed by atoms with E-state index in [1.807, 2.05) is 0 Å². The van der Waals surface area contributed by atoms with Crippen LogP contribution in [0.2, 0.25) is 0 Å². The van der Waals surface area contributed by atoms with Gasteiger partial charge in [-0.2, -0.15) is 0 Å². The smallest absolute Gasteiger partial charge is 0.276 e. The van der Waals surface area contributed by atoms with E-state index in [4.69, 9.17) is 0 Å². The van der Waals surface area contributed by atoms with Crippen molar-refractivity contribution in [3.63, 3.8) is 0 Å². The summed E-state index contributed by atoms with van der Waals surface area (Å²) in [5, 5.41) is 3.12. The molecule has 1 atom stereocenters. The third-order valence-corrected chi connectivity index (χ3v) is 3.32. The number of rotatable bonds is 2. The van der Waals surface area contributed by atoms with Crippen LogP contribution in [0.25, 0.3) is 0 Å². The van der Waals surface area contributed by atoms with Gasteiger partial charge in [0.05, 0.1) is 0 Å². The Hall–Kier alpha value is -1.03. The van der Waals surface area contributed by atoms with E-state index in [2.05, 4.69) is 5.32 Å². The Balaban J connectivity index is 2.18. The van der Waals surface area contributed by atoms with Crippen LogP contribution in [0.5, 0.6) is 0 Å². The van der Waals surface area contributed by atoms with Gasteiger partial charge in [-0.25, -0.2) is 13.2 Å². The summed E-state index contributed by atoms with van der Waals surface area (Å²) in [5.41, 5.74) is -0.0780. The molecule has 1 aliphatic heterocycles. The Kier molecular flexibility index (Phi) is 3.72. The van der Waals surface area contributed by atoms with Gasteiger partial charge in [-0.15, -0.1) is 0 Å². The molecule has 1 saturated heterocycles. The first-order valence-corrected chi connectivity index (χ1v) is 5.95. The van der Waals surface area contributed by atoms with Gasteiger partial charge in [0, 0.05) is 11.5 Å². The number of hydrogen-bond acceptors (Lipinski definition) is 1. The molecule has 1 aromatic rings. The van der Waals surface area contributed by atoms with Crippen molar-refractivity contribution in [3.05, 3.63) is 35.6 Å². The van der Waals surface area contributed by atoms with Gasteiger partial charge in [0.2, 0.25) is 0 Å². The summed E-state index contributed by atoms with van der Waals surface area (Å²) in [6.45, 7) is 1.43. The summed E-state index contributed by atoms with van der Waals surface area (Å²) in [5.74, 6) is -3.99. The fourth-order valence-electron chi connectivity index (χ4n) is 2.29.